The predicted octanol–water partition coefficient (Wildman–Crippen LogP) is 13.2. The van der Waals surface area contributed by atoms with E-state index in [0.717, 1.165) is 103 Å². The lowest BCUT2D eigenvalue weighted by molar-refractivity contribution is -0.149. The molecule has 52 heavy (non-hydrogen) atoms. The first-order chi connectivity index (χ1) is 25.4. The van der Waals surface area contributed by atoms with Crippen LogP contribution in [0.15, 0.2) is 0 Å². The summed E-state index contributed by atoms with van der Waals surface area (Å²) in [5.41, 5.74) is 0. The summed E-state index contributed by atoms with van der Waals surface area (Å²) < 4.78 is 11.3. The van der Waals surface area contributed by atoms with Gasteiger partial charge in [0.15, 0.2) is 0 Å². The van der Waals surface area contributed by atoms with Gasteiger partial charge in [0, 0.05) is 13.0 Å². The Morgan fingerprint density at radius 2 is 0.885 bits per heavy atom. The molecule has 0 rings (SSSR count). The van der Waals surface area contributed by atoms with E-state index in [4.69, 9.17) is 9.47 Å². The zero-order valence-corrected chi connectivity index (χ0v) is 35.6. The van der Waals surface area contributed by atoms with Gasteiger partial charge in [-0.1, -0.05) is 182 Å². The summed E-state index contributed by atoms with van der Waals surface area (Å²) in [6.45, 7) is 13.3. The third-order valence-corrected chi connectivity index (χ3v) is 10.7. The fourth-order valence-corrected chi connectivity index (χ4v) is 7.21. The van der Waals surface area contributed by atoms with Gasteiger partial charge < -0.3 is 19.5 Å². The molecule has 0 aliphatic rings. The molecule has 0 aliphatic carbocycles. The molecule has 0 aromatic rings. The average molecular weight is 738 g/mol. The molecule has 6 heteroatoms. The lowest BCUT2D eigenvalue weighted by Crippen LogP contribution is -2.29. The molecule has 0 aromatic heterocycles. The molecule has 0 unspecified atom stereocenters. The Morgan fingerprint density at radius 3 is 1.37 bits per heavy atom. The van der Waals surface area contributed by atoms with E-state index in [2.05, 4.69) is 32.6 Å². The number of nitrogens with zero attached hydrogens (tertiary/aromatic N) is 1. The number of esters is 2. The summed E-state index contributed by atoms with van der Waals surface area (Å²) in [5, 5.41) is 9.55. The van der Waals surface area contributed by atoms with Crippen LogP contribution < -0.4 is 0 Å². The maximum absolute atomic E-state index is 13.0. The second-order valence-electron chi connectivity index (χ2n) is 16.4. The molecule has 6 nitrogen and oxygen atoms in total. The second-order valence-corrected chi connectivity index (χ2v) is 16.4. The third-order valence-electron chi connectivity index (χ3n) is 10.7. The van der Waals surface area contributed by atoms with E-state index >= 15 is 0 Å². The Kier molecular flexibility index (Phi) is 40.1. The van der Waals surface area contributed by atoms with Crippen LogP contribution in [0.25, 0.3) is 0 Å². The van der Waals surface area contributed by atoms with Crippen molar-refractivity contribution in [3.05, 3.63) is 0 Å². The van der Waals surface area contributed by atoms with Crippen LogP contribution in [0.3, 0.4) is 0 Å². The molecule has 0 fully saturated rings. The standard InChI is InChI=1S/C46H91NO5/c1-5-7-9-11-18-26-34-44(35-27-19-12-10-8-6-2)46(50)52-42-32-24-16-22-30-38-47(39-40-48)37-29-21-15-23-31-41-51-45(49)36-28-20-14-13-17-25-33-43(3)4/h43-44,48H,5-42H2,1-4H3. The number of carbonyl (C=O) groups excluding carboxylic acids is 2. The minimum Gasteiger partial charge on any atom is -0.466 e. The number of aliphatic hydroxyl groups is 1. The molecule has 1 N–H and O–H groups in total. The van der Waals surface area contributed by atoms with Crippen molar-refractivity contribution in [3.8, 4) is 0 Å². The van der Waals surface area contributed by atoms with Crippen molar-refractivity contribution in [2.75, 3.05) is 39.5 Å². The zero-order valence-electron chi connectivity index (χ0n) is 35.6. The number of hydrogen-bond acceptors (Lipinski definition) is 6. The molecule has 0 aliphatic heterocycles. The lowest BCUT2D eigenvalue weighted by Gasteiger charge is -2.21. The van der Waals surface area contributed by atoms with E-state index in [0.29, 0.717) is 19.6 Å². The molecule has 0 saturated heterocycles. The molecule has 0 aromatic carbocycles. The van der Waals surface area contributed by atoms with Crippen molar-refractivity contribution in [1.82, 2.24) is 4.90 Å². The molecular weight excluding hydrogens is 647 g/mol. The van der Waals surface area contributed by atoms with Crippen LogP contribution in [0, 0.1) is 11.8 Å². The maximum Gasteiger partial charge on any atom is 0.308 e. The molecule has 0 spiro atoms. The molecule has 0 saturated carbocycles. The van der Waals surface area contributed by atoms with Crippen molar-refractivity contribution in [3.63, 3.8) is 0 Å². The van der Waals surface area contributed by atoms with E-state index in [1.165, 1.54) is 122 Å². The monoisotopic (exact) mass is 738 g/mol. The van der Waals surface area contributed by atoms with Crippen LogP contribution >= 0.6 is 0 Å². The van der Waals surface area contributed by atoms with E-state index < -0.39 is 0 Å². The smallest absolute Gasteiger partial charge is 0.308 e. The molecular formula is C46H91NO5. The van der Waals surface area contributed by atoms with E-state index in [9.17, 15) is 14.7 Å². The first-order valence-electron chi connectivity index (χ1n) is 23.1. The zero-order chi connectivity index (χ0) is 38.2. The Balaban J connectivity index is 3.90. The van der Waals surface area contributed by atoms with Crippen LogP contribution in [-0.4, -0.2) is 61.4 Å². The summed E-state index contributed by atoms with van der Waals surface area (Å²) in [6.07, 6.45) is 37.6. The van der Waals surface area contributed by atoms with Crippen molar-refractivity contribution in [2.24, 2.45) is 11.8 Å². The third kappa shape index (κ3) is 37.2. The van der Waals surface area contributed by atoms with Gasteiger partial charge in [0.25, 0.3) is 0 Å². The number of hydrogen-bond donors (Lipinski definition) is 1. The molecule has 0 amide bonds. The van der Waals surface area contributed by atoms with Gasteiger partial charge in [0.2, 0.25) is 0 Å². The van der Waals surface area contributed by atoms with Crippen molar-refractivity contribution < 1.29 is 24.2 Å². The van der Waals surface area contributed by atoms with Gasteiger partial charge in [0.05, 0.1) is 25.7 Å². The largest absolute Gasteiger partial charge is 0.466 e. The summed E-state index contributed by atoms with van der Waals surface area (Å²) in [5.74, 6) is 0.940. The normalized spacial score (nSPS) is 11.7. The quantitative estimate of drug-likeness (QED) is 0.0496. The van der Waals surface area contributed by atoms with Gasteiger partial charge >= 0.3 is 11.9 Å². The highest BCUT2D eigenvalue weighted by Crippen LogP contribution is 2.21. The summed E-state index contributed by atoms with van der Waals surface area (Å²) in [7, 11) is 0. The van der Waals surface area contributed by atoms with Crippen molar-refractivity contribution >= 4 is 11.9 Å². The van der Waals surface area contributed by atoms with Crippen LogP contribution in [0.4, 0.5) is 0 Å². The lowest BCUT2D eigenvalue weighted by atomic mass is 9.94. The number of aliphatic hydroxyl groups excluding tert-OH is 1. The first-order valence-corrected chi connectivity index (χ1v) is 23.1. The van der Waals surface area contributed by atoms with E-state index in [-0.39, 0.29) is 24.5 Å². The first kappa shape index (κ1) is 50.9. The van der Waals surface area contributed by atoms with Crippen LogP contribution in [-0.2, 0) is 19.1 Å². The van der Waals surface area contributed by atoms with Gasteiger partial charge in [-0.05, 0) is 64.0 Å². The number of rotatable bonds is 42. The van der Waals surface area contributed by atoms with Crippen molar-refractivity contribution in [2.45, 2.75) is 233 Å². The topological polar surface area (TPSA) is 76.1 Å². The van der Waals surface area contributed by atoms with Crippen LogP contribution in [0.1, 0.15) is 233 Å². The highest BCUT2D eigenvalue weighted by molar-refractivity contribution is 5.72. The van der Waals surface area contributed by atoms with Gasteiger partial charge in [-0.2, -0.15) is 0 Å². The molecule has 0 heterocycles. The van der Waals surface area contributed by atoms with E-state index in [1.54, 1.807) is 0 Å². The number of unbranched alkanes of at least 4 members (excludes halogenated alkanes) is 23. The molecule has 0 atom stereocenters. The highest BCUT2D eigenvalue weighted by atomic mass is 16.5. The molecule has 0 radical (unpaired) electrons. The van der Waals surface area contributed by atoms with Gasteiger partial charge in [0.1, 0.15) is 0 Å². The molecule has 0 bridgehead atoms. The minimum absolute atomic E-state index is 0.0239. The molecule has 310 valence electrons. The summed E-state index contributed by atoms with van der Waals surface area (Å²) in [6, 6.07) is 0. The minimum atomic E-state index is -0.0239. The van der Waals surface area contributed by atoms with Crippen LogP contribution in [0.5, 0.6) is 0 Å². The Morgan fingerprint density at radius 1 is 0.481 bits per heavy atom. The van der Waals surface area contributed by atoms with Crippen molar-refractivity contribution in [1.29, 1.82) is 0 Å². The highest BCUT2D eigenvalue weighted by Gasteiger charge is 2.19. The van der Waals surface area contributed by atoms with E-state index in [1.807, 2.05) is 0 Å². The Labute approximate surface area is 324 Å². The second kappa shape index (κ2) is 41.0. The van der Waals surface area contributed by atoms with Gasteiger partial charge in [-0.3, -0.25) is 9.59 Å². The average Bonchev–Trinajstić information content (AvgIpc) is 3.13. The van der Waals surface area contributed by atoms with Crippen LogP contribution in [0.2, 0.25) is 0 Å². The predicted molar refractivity (Wildman–Crippen MR) is 223 cm³/mol. The number of ether oxygens (including phenoxy) is 2. The number of carbonyl (C=O) groups is 2. The Bertz CT molecular complexity index is 728. The fourth-order valence-electron chi connectivity index (χ4n) is 7.21. The van der Waals surface area contributed by atoms with Gasteiger partial charge in [-0.15, -0.1) is 0 Å². The van der Waals surface area contributed by atoms with Gasteiger partial charge in [-0.25, -0.2) is 0 Å². The SMILES string of the molecule is CCCCCCCCC(CCCCCCCC)C(=O)OCCCCCCCN(CCO)CCCCCCCOC(=O)CCCCCCCCC(C)C. The summed E-state index contributed by atoms with van der Waals surface area (Å²) >= 11 is 0. The summed E-state index contributed by atoms with van der Waals surface area (Å²) in [4.78, 5) is 27.4. The Hall–Kier alpha value is -1.14. The maximum atomic E-state index is 13.0. The fraction of sp³-hybridized carbons (Fsp3) is 0.957.